The predicted octanol–water partition coefficient (Wildman–Crippen LogP) is 3.49. The first-order valence-electron chi connectivity index (χ1n) is 7.73. The summed E-state index contributed by atoms with van der Waals surface area (Å²) in [6, 6.07) is 8.88. The third-order valence-electron chi connectivity index (χ3n) is 3.70. The van der Waals surface area contributed by atoms with Crippen LogP contribution in [-0.4, -0.2) is 36.8 Å². The van der Waals surface area contributed by atoms with Gasteiger partial charge in [-0.05, 0) is 29.8 Å². The number of carbonyl (C=O) groups is 1. The molecule has 132 valence electrons. The number of carbonyl (C=O) groups excluding carboxylic acids is 1. The summed E-state index contributed by atoms with van der Waals surface area (Å²) >= 11 is 1.05. The molecule has 1 aliphatic rings. The molecule has 0 saturated carbocycles. The van der Waals surface area contributed by atoms with Gasteiger partial charge in [0.15, 0.2) is 11.5 Å². The Kier molecular flexibility index (Phi) is 5.43. The summed E-state index contributed by atoms with van der Waals surface area (Å²) in [4.78, 5) is 14.0. The van der Waals surface area contributed by atoms with Gasteiger partial charge in [0.25, 0.3) is 0 Å². The molecule has 2 aromatic carbocycles. The van der Waals surface area contributed by atoms with Crippen LogP contribution in [0.15, 0.2) is 41.3 Å². The molecule has 25 heavy (non-hydrogen) atoms. The van der Waals surface area contributed by atoms with Gasteiger partial charge in [0, 0.05) is 24.6 Å². The maximum absolute atomic E-state index is 13.6. The average molecular weight is 365 g/mol. The highest BCUT2D eigenvalue weighted by molar-refractivity contribution is 8.00. The van der Waals surface area contributed by atoms with Gasteiger partial charge in [-0.25, -0.2) is 8.78 Å². The van der Waals surface area contributed by atoms with E-state index in [0.29, 0.717) is 31.3 Å². The van der Waals surface area contributed by atoms with E-state index in [9.17, 15) is 13.6 Å². The smallest absolute Gasteiger partial charge is 0.232 e. The zero-order chi connectivity index (χ0) is 17.8. The van der Waals surface area contributed by atoms with E-state index in [0.717, 1.165) is 23.4 Å². The second-order valence-electron chi connectivity index (χ2n) is 5.59. The molecule has 1 heterocycles. The average Bonchev–Trinajstić information content (AvgIpc) is 2.60. The Bertz CT molecular complexity index is 785. The number of hydrogen-bond donors (Lipinski definition) is 0. The van der Waals surface area contributed by atoms with Gasteiger partial charge in [0.05, 0.1) is 5.75 Å². The number of thioether (sulfide) groups is 1. The zero-order valence-electron chi connectivity index (χ0n) is 13.6. The van der Waals surface area contributed by atoms with Crippen LogP contribution in [0.1, 0.15) is 5.56 Å². The highest BCUT2D eigenvalue weighted by Crippen LogP contribution is 2.31. The molecule has 0 unspecified atom stereocenters. The lowest BCUT2D eigenvalue weighted by Crippen LogP contribution is -2.28. The van der Waals surface area contributed by atoms with Gasteiger partial charge < -0.3 is 14.4 Å². The van der Waals surface area contributed by atoms with Crippen molar-refractivity contribution in [3.05, 3.63) is 53.6 Å². The molecule has 7 heteroatoms. The molecule has 0 radical (unpaired) electrons. The van der Waals surface area contributed by atoms with Crippen LogP contribution >= 0.6 is 11.8 Å². The first-order valence-corrected chi connectivity index (χ1v) is 8.72. The fourth-order valence-corrected chi connectivity index (χ4v) is 3.25. The highest BCUT2D eigenvalue weighted by atomic mass is 32.2. The number of nitrogens with zero attached hydrogens (tertiary/aromatic N) is 1. The van der Waals surface area contributed by atoms with Crippen LogP contribution in [0.5, 0.6) is 11.5 Å². The zero-order valence-corrected chi connectivity index (χ0v) is 14.4. The molecule has 0 bridgehead atoms. The second-order valence-corrected chi connectivity index (χ2v) is 6.61. The summed E-state index contributed by atoms with van der Waals surface area (Å²) in [5.41, 5.74) is 0.915. The maximum atomic E-state index is 13.6. The molecule has 4 nitrogen and oxygen atoms in total. The van der Waals surface area contributed by atoms with Crippen molar-refractivity contribution in [2.75, 3.05) is 26.0 Å². The highest BCUT2D eigenvalue weighted by Gasteiger charge is 2.15. The lowest BCUT2D eigenvalue weighted by atomic mass is 10.2. The van der Waals surface area contributed by atoms with E-state index in [1.54, 1.807) is 11.9 Å². The van der Waals surface area contributed by atoms with E-state index < -0.39 is 11.6 Å². The lowest BCUT2D eigenvalue weighted by molar-refractivity contribution is -0.127. The first-order chi connectivity index (χ1) is 12.0. The fraction of sp³-hybridized carbons (Fsp3) is 0.278. The summed E-state index contributed by atoms with van der Waals surface area (Å²) < 4.78 is 37.5. The Labute approximate surface area is 148 Å². The minimum atomic E-state index is -0.660. The second kappa shape index (κ2) is 7.74. The van der Waals surface area contributed by atoms with Gasteiger partial charge in [0.1, 0.15) is 24.8 Å². The van der Waals surface area contributed by atoms with Crippen LogP contribution in [-0.2, 0) is 11.3 Å². The van der Waals surface area contributed by atoms with E-state index in [1.165, 1.54) is 12.1 Å². The topological polar surface area (TPSA) is 38.8 Å². The molecule has 1 amide bonds. The van der Waals surface area contributed by atoms with Crippen LogP contribution in [0.4, 0.5) is 8.78 Å². The van der Waals surface area contributed by atoms with E-state index in [-0.39, 0.29) is 16.6 Å². The number of benzene rings is 2. The van der Waals surface area contributed by atoms with E-state index in [2.05, 4.69) is 0 Å². The Morgan fingerprint density at radius 3 is 2.64 bits per heavy atom. The van der Waals surface area contributed by atoms with Crippen molar-refractivity contribution in [3.63, 3.8) is 0 Å². The van der Waals surface area contributed by atoms with E-state index in [4.69, 9.17) is 9.47 Å². The van der Waals surface area contributed by atoms with Gasteiger partial charge in [-0.15, -0.1) is 11.8 Å². The quantitative estimate of drug-likeness (QED) is 0.761. The lowest BCUT2D eigenvalue weighted by Gasteiger charge is -2.21. The summed E-state index contributed by atoms with van der Waals surface area (Å²) in [6.07, 6.45) is 0. The number of amides is 1. The third-order valence-corrected chi connectivity index (χ3v) is 4.73. The molecular weight excluding hydrogens is 348 g/mol. The molecule has 1 aliphatic heterocycles. The minimum absolute atomic E-state index is 0.0730. The summed E-state index contributed by atoms with van der Waals surface area (Å²) in [7, 11) is 1.68. The SMILES string of the molecule is CN(Cc1ccc2c(c1)OCCO2)C(=O)CSc1ccc(F)cc1F. The van der Waals surface area contributed by atoms with Crippen LogP contribution < -0.4 is 9.47 Å². The first kappa shape index (κ1) is 17.5. The van der Waals surface area contributed by atoms with Crippen molar-refractivity contribution in [2.45, 2.75) is 11.4 Å². The van der Waals surface area contributed by atoms with Crippen molar-refractivity contribution >= 4 is 17.7 Å². The summed E-state index contributed by atoms with van der Waals surface area (Å²) in [6.45, 7) is 1.44. The van der Waals surface area contributed by atoms with Gasteiger partial charge in [0.2, 0.25) is 5.91 Å². The fourth-order valence-electron chi connectivity index (χ4n) is 2.39. The molecule has 0 spiro atoms. The van der Waals surface area contributed by atoms with E-state index in [1.807, 2.05) is 18.2 Å². The van der Waals surface area contributed by atoms with Crippen molar-refractivity contribution in [1.82, 2.24) is 4.90 Å². The molecule has 0 saturated heterocycles. The number of fused-ring (bicyclic) bond motifs is 1. The maximum Gasteiger partial charge on any atom is 0.232 e. The van der Waals surface area contributed by atoms with Crippen molar-refractivity contribution < 1.29 is 23.0 Å². The van der Waals surface area contributed by atoms with Crippen LogP contribution in [0.2, 0.25) is 0 Å². The monoisotopic (exact) mass is 365 g/mol. The molecule has 2 aromatic rings. The number of ether oxygens (including phenoxy) is 2. The molecular formula is C18H17F2NO3S. The Balaban J connectivity index is 1.57. The number of hydrogen-bond acceptors (Lipinski definition) is 4. The van der Waals surface area contributed by atoms with E-state index >= 15 is 0 Å². The standard InChI is InChI=1S/C18H17F2NO3S/c1-21(10-12-2-4-15-16(8-12)24-7-6-23-15)18(22)11-25-17-5-3-13(19)9-14(17)20/h2-5,8-9H,6-7,10-11H2,1H3. The predicted molar refractivity (Wildman–Crippen MR) is 91.0 cm³/mol. The molecule has 0 aliphatic carbocycles. The van der Waals surface area contributed by atoms with Crippen LogP contribution in [0, 0.1) is 11.6 Å². The van der Waals surface area contributed by atoms with Gasteiger partial charge >= 0.3 is 0 Å². The molecule has 3 rings (SSSR count). The number of halogens is 2. The molecule has 0 atom stereocenters. The largest absolute Gasteiger partial charge is 0.486 e. The molecule has 0 fully saturated rings. The Hall–Kier alpha value is -2.28. The number of rotatable bonds is 5. The Morgan fingerprint density at radius 1 is 1.12 bits per heavy atom. The van der Waals surface area contributed by atoms with Crippen LogP contribution in [0.25, 0.3) is 0 Å². The van der Waals surface area contributed by atoms with Crippen LogP contribution in [0.3, 0.4) is 0 Å². The molecule has 0 aromatic heterocycles. The Morgan fingerprint density at radius 2 is 1.88 bits per heavy atom. The molecule has 0 N–H and O–H groups in total. The van der Waals surface area contributed by atoms with Crippen molar-refractivity contribution in [2.24, 2.45) is 0 Å². The van der Waals surface area contributed by atoms with Gasteiger partial charge in [-0.2, -0.15) is 0 Å². The van der Waals surface area contributed by atoms with Gasteiger partial charge in [-0.1, -0.05) is 6.07 Å². The summed E-state index contributed by atoms with van der Waals surface area (Å²) in [5, 5.41) is 0. The van der Waals surface area contributed by atoms with Crippen molar-refractivity contribution in [3.8, 4) is 11.5 Å². The third kappa shape index (κ3) is 4.42. The van der Waals surface area contributed by atoms with Gasteiger partial charge in [-0.3, -0.25) is 4.79 Å². The minimum Gasteiger partial charge on any atom is -0.486 e. The summed E-state index contributed by atoms with van der Waals surface area (Å²) in [5.74, 6) is 0.00217. The van der Waals surface area contributed by atoms with Crippen molar-refractivity contribution in [1.29, 1.82) is 0 Å². The normalized spacial score (nSPS) is 12.8.